The summed E-state index contributed by atoms with van der Waals surface area (Å²) in [4.78, 5) is 23.4. The number of amides is 2. The van der Waals surface area contributed by atoms with E-state index >= 15 is 0 Å². The first-order valence-corrected chi connectivity index (χ1v) is 13.6. The molecule has 210 valence electrons. The van der Waals surface area contributed by atoms with Crippen LogP contribution in [0, 0.1) is 0 Å². The fraction of sp³-hybridized carbons (Fsp3) is 0.724. The van der Waals surface area contributed by atoms with E-state index < -0.39 is 23.4 Å². The molecule has 8 nitrogen and oxygen atoms in total. The number of hydrogen-bond donors (Lipinski definition) is 3. The van der Waals surface area contributed by atoms with E-state index in [1.54, 1.807) is 0 Å². The standard InChI is InChI=1S/C18H27NO3.C11H21NO3/c1-18(2,3)22-17(20)19-15-11-7-8-12-16(15)21-13-14-9-5-4-6-10-14;1-11(2,3)15-10(14)12-8-6-4-5-7-9(8)13/h4-6,9-10,15-16H,7-8,11-13H2,1-3H3,(H,19,20);8-9,13H,4-7H2,1-3H3,(H,12,14)/t15-,16-;8-,9-/m00/s1. The summed E-state index contributed by atoms with van der Waals surface area (Å²) in [7, 11) is 0. The highest BCUT2D eigenvalue weighted by atomic mass is 16.6. The first kappa shape index (κ1) is 30.9. The Hall–Kier alpha value is -2.32. The minimum Gasteiger partial charge on any atom is -0.444 e. The van der Waals surface area contributed by atoms with Crippen LogP contribution in [-0.2, 0) is 20.8 Å². The van der Waals surface area contributed by atoms with Crippen molar-refractivity contribution < 1.29 is 28.9 Å². The first-order chi connectivity index (χ1) is 17.3. The summed E-state index contributed by atoms with van der Waals surface area (Å²) < 4.78 is 16.5. The van der Waals surface area contributed by atoms with Crippen molar-refractivity contribution >= 4 is 12.2 Å². The molecule has 3 N–H and O–H groups in total. The average Bonchev–Trinajstić information content (AvgIpc) is 2.79. The minimum atomic E-state index is -0.482. The molecule has 0 aromatic heterocycles. The largest absolute Gasteiger partial charge is 0.444 e. The quantitative estimate of drug-likeness (QED) is 0.449. The van der Waals surface area contributed by atoms with Crippen LogP contribution in [0.2, 0.25) is 0 Å². The molecule has 2 fully saturated rings. The average molecular weight is 521 g/mol. The molecule has 8 heteroatoms. The van der Waals surface area contributed by atoms with Crippen LogP contribution in [-0.4, -0.2) is 52.8 Å². The van der Waals surface area contributed by atoms with Gasteiger partial charge in [0.05, 0.1) is 30.9 Å². The fourth-order valence-electron chi connectivity index (χ4n) is 4.44. The lowest BCUT2D eigenvalue weighted by Gasteiger charge is -2.32. The third kappa shape index (κ3) is 13.2. The van der Waals surface area contributed by atoms with Gasteiger partial charge in [-0.25, -0.2) is 9.59 Å². The summed E-state index contributed by atoms with van der Waals surface area (Å²) in [5.74, 6) is 0. The zero-order valence-electron chi connectivity index (χ0n) is 23.5. The molecule has 1 aromatic rings. The zero-order valence-corrected chi connectivity index (χ0v) is 23.5. The highest BCUT2D eigenvalue weighted by Gasteiger charge is 2.29. The van der Waals surface area contributed by atoms with Crippen molar-refractivity contribution in [3.05, 3.63) is 35.9 Å². The van der Waals surface area contributed by atoms with Gasteiger partial charge < -0.3 is 30.0 Å². The van der Waals surface area contributed by atoms with Crippen LogP contribution in [0.1, 0.15) is 98.5 Å². The third-order valence-electron chi connectivity index (χ3n) is 6.14. The van der Waals surface area contributed by atoms with E-state index in [1.165, 1.54) is 0 Å². The van der Waals surface area contributed by atoms with E-state index in [0.29, 0.717) is 6.61 Å². The van der Waals surface area contributed by atoms with E-state index in [-0.39, 0.29) is 24.3 Å². The monoisotopic (exact) mass is 520 g/mol. The molecule has 37 heavy (non-hydrogen) atoms. The van der Waals surface area contributed by atoms with E-state index in [2.05, 4.69) is 22.8 Å². The van der Waals surface area contributed by atoms with Gasteiger partial charge in [-0.1, -0.05) is 56.0 Å². The number of benzene rings is 1. The number of hydrogen-bond acceptors (Lipinski definition) is 6. The summed E-state index contributed by atoms with van der Waals surface area (Å²) in [6.07, 6.45) is 6.71. The van der Waals surface area contributed by atoms with Gasteiger partial charge in [0.1, 0.15) is 11.2 Å². The number of ether oxygens (including phenoxy) is 3. The molecule has 2 amide bonds. The van der Waals surface area contributed by atoms with E-state index in [1.807, 2.05) is 59.7 Å². The third-order valence-corrected chi connectivity index (χ3v) is 6.14. The van der Waals surface area contributed by atoms with Gasteiger partial charge >= 0.3 is 12.2 Å². The molecule has 0 spiro atoms. The van der Waals surface area contributed by atoms with Crippen molar-refractivity contribution in [2.45, 2.75) is 135 Å². The van der Waals surface area contributed by atoms with Crippen molar-refractivity contribution in [3.63, 3.8) is 0 Å². The Morgan fingerprint density at radius 1 is 0.784 bits per heavy atom. The smallest absolute Gasteiger partial charge is 0.407 e. The van der Waals surface area contributed by atoms with Crippen molar-refractivity contribution in [2.24, 2.45) is 0 Å². The van der Waals surface area contributed by atoms with Crippen LogP contribution >= 0.6 is 0 Å². The van der Waals surface area contributed by atoms with Crippen LogP contribution in [0.25, 0.3) is 0 Å². The molecular formula is C29H48N2O6. The predicted molar refractivity (Wildman–Crippen MR) is 144 cm³/mol. The molecule has 0 saturated heterocycles. The second-order valence-electron chi connectivity index (χ2n) is 12.0. The molecule has 2 aliphatic rings. The Labute approximate surface area is 222 Å². The number of alkyl carbamates (subject to hydrolysis) is 2. The molecule has 2 saturated carbocycles. The Morgan fingerprint density at radius 3 is 1.81 bits per heavy atom. The van der Waals surface area contributed by atoms with Gasteiger partial charge in [0, 0.05) is 0 Å². The summed E-state index contributed by atoms with van der Waals surface area (Å²) in [6, 6.07) is 10.0. The van der Waals surface area contributed by atoms with E-state index in [9.17, 15) is 14.7 Å². The van der Waals surface area contributed by atoms with Gasteiger partial charge in [0.15, 0.2) is 0 Å². The van der Waals surface area contributed by atoms with Crippen molar-refractivity contribution in [3.8, 4) is 0 Å². The molecule has 0 heterocycles. The maximum Gasteiger partial charge on any atom is 0.407 e. The highest BCUT2D eigenvalue weighted by molar-refractivity contribution is 5.68. The van der Waals surface area contributed by atoms with Crippen molar-refractivity contribution in [1.29, 1.82) is 0 Å². The Morgan fingerprint density at radius 2 is 1.27 bits per heavy atom. The Bertz CT molecular complexity index is 818. The van der Waals surface area contributed by atoms with Crippen LogP contribution in [0.5, 0.6) is 0 Å². The normalized spacial score (nSPS) is 24.2. The maximum atomic E-state index is 12.0. The lowest BCUT2D eigenvalue weighted by Crippen LogP contribution is -2.47. The fourth-order valence-corrected chi connectivity index (χ4v) is 4.44. The molecule has 1 aromatic carbocycles. The topological polar surface area (TPSA) is 106 Å². The summed E-state index contributed by atoms with van der Waals surface area (Å²) >= 11 is 0. The van der Waals surface area contributed by atoms with Crippen molar-refractivity contribution in [2.75, 3.05) is 0 Å². The minimum absolute atomic E-state index is 0.0345. The van der Waals surface area contributed by atoms with Crippen LogP contribution < -0.4 is 10.6 Å². The number of rotatable bonds is 5. The van der Waals surface area contributed by atoms with Gasteiger partial charge in [-0.3, -0.25) is 0 Å². The predicted octanol–water partition coefficient (Wildman–Crippen LogP) is 5.85. The molecule has 0 aliphatic heterocycles. The second-order valence-corrected chi connectivity index (χ2v) is 12.0. The lowest BCUT2D eigenvalue weighted by atomic mass is 9.92. The number of carbonyl (C=O) groups excluding carboxylic acids is 2. The van der Waals surface area contributed by atoms with Crippen LogP contribution in [0.4, 0.5) is 9.59 Å². The first-order valence-electron chi connectivity index (χ1n) is 13.6. The molecule has 2 aliphatic carbocycles. The van der Waals surface area contributed by atoms with E-state index in [0.717, 1.165) is 56.9 Å². The molecule has 4 atom stereocenters. The maximum absolute atomic E-state index is 12.0. The summed E-state index contributed by atoms with van der Waals surface area (Å²) in [5, 5.41) is 15.3. The van der Waals surface area contributed by atoms with Crippen LogP contribution in [0.15, 0.2) is 30.3 Å². The SMILES string of the molecule is CC(C)(C)OC(=O)N[C@H]1CCCC[C@@H]1O.CC(C)(C)OC(=O)N[C@H]1CCCC[C@@H]1OCc1ccccc1. The molecular weight excluding hydrogens is 472 g/mol. The molecule has 0 bridgehead atoms. The van der Waals surface area contributed by atoms with Gasteiger partial charge in [0.2, 0.25) is 0 Å². The zero-order chi connectivity index (χ0) is 27.5. The lowest BCUT2D eigenvalue weighted by molar-refractivity contribution is -0.0113. The second kappa shape index (κ2) is 14.6. The van der Waals surface area contributed by atoms with Crippen molar-refractivity contribution in [1.82, 2.24) is 10.6 Å². The van der Waals surface area contributed by atoms with Gasteiger partial charge in [-0.05, 0) is 72.8 Å². The van der Waals surface area contributed by atoms with E-state index in [4.69, 9.17) is 14.2 Å². The number of nitrogens with one attached hydrogen (secondary N) is 2. The molecule has 3 rings (SSSR count). The summed E-state index contributed by atoms with van der Waals surface area (Å²) in [6.45, 7) is 11.7. The Kier molecular flexibility index (Phi) is 12.2. The number of aliphatic hydroxyl groups is 1. The number of aliphatic hydroxyl groups excluding tert-OH is 1. The van der Waals surface area contributed by atoms with Gasteiger partial charge in [-0.15, -0.1) is 0 Å². The van der Waals surface area contributed by atoms with Gasteiger partial charge in [0.25, 0.3) is 0 Å². The van der Waals surface area contributed by atoms with Crippen LogP contribution in [0.3, 0.4) is 0 Å². The Balaban J connectivity index is 0.000000281. The molecule has 0 unspecified atom stereocenters. The highest BCUT2D eigenvalue weighted by Crippen LogP contribution is 2.23. The van der Waals surface area contributed by atoms with Gasteiger partial charge in [-0.2, -0.15) is 0 Å². The number of carbonyl (C=O) groups is 2. The molecule has 0 radical (unpaired) electrons. The summed E-state index contributed by atoms with van der Waals surface area (Å²) in [5.41, 5.74) is 0.201.